The van der Waals surface area contributed by atoms with Gasteiger partial charge in [0.25, 0.3) is 0 Å². The molecule has 0 N–H and O–H groups in total. The minimum atomic E-state index is -0.449. The quantitative estimate of drug-likeness (QED) is 0.813. The van der Waals surface area contributed by atoms with Crippen LogP contribution in [-0.2, 0) is 27.2 Å². The molecule has 2 aliphatic heterocycles. The molecule has 2 amide bonds. The van der Waals surface area contributed by atoms with Gasteiger partial charge in [0.15, 0.2) is 0 Å². The maximum absolute atomic E-state index is 13.5. The van der Waals surface area contributed by atoms with E-state index in [1.807, 2.05) is 30.9 Å². The van der Waals surface area contributed by atoms with Gasteiger partial charge in [0.1, 0.15) is 0 Å². The predicted molar refractivity (Wildman–Crippen MR) is 102 cm³/mol. The number of benzene rings is 1. The van der Waals surface area contributed by atoms with Crippen molar-refractivity contribution in [1.82, 2.24) is 9.80 Å². The average Bonchev–Trinajstić information content (AvgIpc) is 2.76. The maximum Gasteiger partial charge on any atom is 0.410 e. The van der Waals surface area contributed by atoms with Gasteiger partial charge in [-0.3, -0.25) is 4.79 Å². The van der Waals surface area contributed by atoms with Crippen molar-refractivity contribution < 1.29 is 19.1 Å². The van der Waals surface area contributed by atoms with Gasteiger partial charge < -0.3 is 19.3 Å². The topological polar surface area (TPSA) is 59.1 Å². The first kappa shape index (κ1) is 19.7. The lowest BCUT2D eigenvalue weighted by molar-refractivity contribution is -0.145. The number of piperidine rings is 1. The monoisotopic (exact) mass is 374 g/mol. The number of fused-ring (bicyclic) bond motifs is 1. The van der Waals surface area contributed by atoms with Crippen molar-refractivity contribution >= 4 is 12.0 Å². The summed E-state index contributed by atoms with van der Waals surface area (Å²) in [5.41, 5.74) is 2.00. The highest BCUT2D eigenvalue weighted by molar-refractivity contribution is 5.84. The molecule has 6 heteroatoms. The molecule has 1 aromatic carbocycles. The summed E-state index contributed by atoms with van der Waals surface area (Å²) in [5.74, 6) is 0.188. The molecule has 2 aliphatic rings. The standard InChI is InChI=1S/C21H30N2O4/c1-16(2)27-20(25)22-10-8-21(9-11-22)14-17-6-4-5-7-18(17)15-23(19(21)24)12-13-26-3/h4-7,16H,8-15H2,1-3H3. The zero-order valence-corrected chi connectivity index (χ0v) is 16.6. The number of ether oxygens (including phenoxy) is 2. The van der Waals surface area contributed by atoms with Gasteiger partial charge in [-0.15, -0.1) is 0 Å². The highest BCUT2D eigenvalue weighted by Gasteiger charge is 2.46. The molecule has 2 heterocycles. The number of hydrogen-bond donors (Lipinski definition) is 0. The number of likely N-dealkylation sites (tertiary alicyclic amines) is 1. The van der Waals surface area contributed by atoms with E-state index in [1.165, 1.54) is 11.1 Å². The average molecular weight is 374 g/mol. The van der Waals surface area contributed by atoms with Gasteiger partial charge in [-0.05, 0) is 44.2 Å². The molecular formula is C21H30N2O4. The van der Waals surface area contributed by atoms with Crippen molar-refractivity contribution in [2.75, 3.05) is 33.4 Å². The Hall–Kier alpha value is -2.08. The van der Waals surface area contributed by atoms with Crippen LogP contribution in [0.25, 0.3) is 0 Å². The summed E-state index contributed by atoms with van der Waals surface area (Å²) in [6.07, 6.45) is 1.65. The second-order valence-electron chi connectivity index (χ2n) is 7.86. The lowest BCUT2D eigenvalue weighted by Gasteiger charge is -2.41. The minimum absolute atomic E-state index is 0.135. The molecule has 1 saturated heterocycles. The van der Waals surface area contributed by atoms with E-state index in [4.69, 9.17) is 9.47 Å². The molecule has 0 aromatic heterocycles. The summed E-state index contributed by atoms with van der Waals surface area (Å²) in [5, 5.41) is 0. The normalized spacial score (nSPS) is 19.2. The summed E-state index contributed by atoms with van der Waals surface area (Å²) in [6, 6.07) is 8.30. The first-order valence-electron chi connectivity index (χ1n) is 9.76. The Balaban J connectivity index is 1.81. The summed E-state index contributed by atoms with van der Waals surface area (Å²) in [7, 11) is 1.66. The van der Waals surface area contributed by atoms with Gasteiger partial charge >= 0.3 is 6.09 Å². The highest BCUT2D eigenvalue weighted by atomic mass is 16.6. The Morgan fingerprint density at radius 1 is 1.19 bits per heavy atom. The third kappa shape index (κ3) is 4.26. The van der Waals surface area contributed by atoms with Gasteiger partial charge in [-0.1, -0.05) is 24.3 Å². The SMILES string of the molecule is COCCN1Cc2ccccc2CC2(CCN(C(=O)OC(C)C)CC2)C1=O. The van der Waals surface area contributed by atoms with Crippen LogP contribution in [0.2, 0.25) is 0 Å². The molecule has 0 atom stereocenters. The van der Waals surface area contributed by atoms with Crippen LogP contribution >= 0.6 is 0 Å². The first-order chi connectivity index (χ1) is 12.9. The zero-order chi connectivity index (χ0) is 19.4. The summed E-state index contributed by atoms with van der Waals surface area (Å²) < 4.78 is 10.5. The fraction of sp³-hybridized carbons (Fsp3) is 0.619. The summed E-state index contributed by atoms with van der Waals surface area (Å²) in [6.45, 7) is 6.54. The Labute approximate surface area is 161 Å². The molecule has 0 bridgehead atoms. The van der Waals surface area contributed by atoms with E-state index in [0.717, 1.165) is 6.42 Å². The van der Waals surface area contributed by atoms with E-state index in [0.29, 0.717) is 45.6 Å². The number of rotatable bonds is 4. The summed E-state index contributed by atoms with van der Waals surface area (Å²) >= 11 is 0. The molecule has 3 rings (SSSR count). The molecule has 1 spiro atoms. The molecular weight excluding hydrogens is 344 g/mol. The lowest BCUT2D eigenvalue weighted by Crippen LogP contribution is -2.52. The van der Waals surface area contributed by atoms with Crippen molar-refractivity contribution in [3.63, 3.8) is 0 Å². The molecule has 27 heavy (non-hydrogen) atoms. The number of carbonyl (C=O) groups is 2. The van der Waals surface area contributed by atoms with Crippen LogP contribution in [0.3, 0.4) is 0 Å². The first-order valence-corrected chi connectivity index (χ1v) is 9.76. The lowest BCUT2D eigenvalue weighted by atomic mass is 9.73. The van der Waals surface area contributed by atoms with Crippen LogP contribution in [0.1, 0.15) is 37.8 Å². The van der Waals surface area contributed by atoms with Crippen molar-refractivity contribution in [3.8, 4) is 0 Å². The fourth-order valence-electron chi connectivity index (χ4n) is 4.10. The van der Waals surface area contributed by atoms with E-state index in [2.05, 4.69) is 12.1 Å². The van der Waals surface area contributed by atoms with Crippen LogP contribution in [-0.4, -0.2) is 61.3 Å². The van der Waals surface area contributed by atoms with Gasteiger partial charge in [-0.25, -0.2) is 4.79 Å². The molecule has 0 aliphatic carbocycles. The Bertz CT molecular complexity index is 681. The fourth-order valence-corrected chi connectivity index (χ4v) is 4.10. The number of carbonyl (C=O) groups excluding carboxylic acids is 2. The van der Waals surface area contributed by atoms with E-state index in [1.54, 1.807) is 12.0 Å². The highest BCUT2D eigenvalue weighted by Crippen LogP contribution is 2.40. The second-order valence-corrected chi connectivity index (χ2v) is 7.86. The molecule has 6 nitrogen and oxygen atoms in total. The van der Waals surface area contributed by atoms with Crippen LogP contribution in [0.15, 0.2) is 24.3 Å². The Kier molecular flexibility index (Phi) is 6.05. The third-order valence-electron chi connectivity index (χ3n) is 5.63. The zero-order valence-electron chi connectivity index (χ0n) is 16.6. The number of hydrogen-bond acceptors (Lipinski definition) is 4. The molecule has 148 valence electrons. The second kappa shape index (κ2) is 8.30. The van der Waals surface area contributed by atoms with Gasteiger partial charge in [0.2, 0.25) is 5.91 Å². The maximum atomic E-state index is 13.5. The van der Waals surface area contributed by atoms with Crippen LogP contribution in [0, 0.1) is 5.41 Å². The van der Waals surface area contributed by atoms with Gasteiger partial charge in [0, 0.05) is 33.3 Å². The van der Waals surface area contributed by atoms with E-state index in [-0.39, 0.29) is 18.1 Å². The van der Waals surface area contributed by atoms with Crippen LogP contribution in [0.5, 0.6) is 0 Å². The predicted octanol–water partition coefficient (Wildman–Crippen LogP) is 2.84. The van der Waals surface area contributed by atoms with Gasteiger partial charge in [0.05, 0.1) is 18.1 Å². The molecule has 0 radical (unpaired) electrons. The number of amides is 2. The van der Waals surface area contributed by atoms with Crippen LogP contribution < -0.4 is 0 Å². The summed E-state index contributed by atoms with van der Waals surface area (Å²) in [4.78, 5) is 29.4. The minimum Gasteiger partial charge on any atom is -0.447 e. The van der Waals surface area contributed by atoms with Crippen LogP contribution in [0.4, 0.5) is 4.79 Å². The molecule has 1 fully saturated rings. The third-order valence-corrected chi connectivity index (χ3v) is 5.63. The van der Waals surface area contributed by atoms with E-state index < -0.39 is 5.41 Å². The Morgan fingerprint density at radius 3 is 2.48 bits per heavy atom. The van der Waals surface area contributed by atoms with Crippen molar-refractivity contribution in [2.45, 2.75) is 45.8 Å². The Morgan fingerprint density at radius 2 is 1.85 bits per heavy atom. The number of nitrogens with zero attached hydrogens (tertiary/aromatic N) is 2. The van der Waals surface area contributed by atoms with Gasteiger partial charge in [-0.2, -0.15) is 0 Å². The van der Waals surface area contributed by atoms with E-state index in [9.17, 15) is 9.59 Å². The largest absolute Gasteiger partial charge is 0.447 e. The van der Waals surface area contributed by atoms with E-state index >= 15 is 0 Å². The molecule has 0 saturated carbocycles. The van der Waals surface area contributed by atoms with Crippen molar-refractivity contribution in [2.24, 2.45) is 5.41 Å². The van der Waals surface area contributed by atoms with Crippen molar-refractivity contribution in [3.05, 3.63) is 35.4 Å². The van der Waals surface area contributed by atoms with Crippen molar-refractivity contribution in [1.29, 1.82) is 0 Å². The smallest absolute Gasteiger partial charge is 0.410 e. The molecule has 0 unspecified atom stereocenters. The number of methoxy groups -OCH3 is 1. The molecule has 1 aromatic rings.